The van der Waals surface area contributed by atoms with Crippen LogP contribution in [0.1, 0.15) is 34.7 Å². The standard InChI is InChI=1S/C19H24N4S/c1-22(14-16-5-2-3-10-21-16)17-6-4-11-23(12-9-17)15-19-8-7-18(13-20)24-19/h2-3,5,7-8,10,17H,4,6,9,11-12,14-15H2,1H3/t17-/m0/s1. The van der Waals surface area contributed by atoms with Crippen LogP contribution >= 0.6 is 11.3 Å². The average Bonchev–Trinajstić information content (AvgIpc) is 2.92. The summed E-state index contributed by atoms with van der Waals surface area (Å²) in [6, 6.07) is 13.0. The summed E-state index contributed by atoms with van der Waals surface area (Å²) in [7, 11) is 2.22. The summed E-state index contributed by atoms with van der Waals surface area (Å²) in [5.41, 5.74) is 1.14. The van der Waals surface area contributed by atoms with Crippen molar-refractivity contribution in [2.45, 2.75) is 38.4 Å². The molecule has 4 nitrogen and oxygen atoms in total. The van der Waals surface area contributed by atoms with Crippen LogP contribution in [-0.4, -0.2) is 41.0 Å². The molecule has 1 atom stereocenters. The Morgan fingerprint density at radius 1 is 1.29 bits per heavy atom. The fraction of sp³-hybridized carbons (Fsp3) is 0.474. The minimum atomic E-state index is 0.620. The maximum absolute atomic E-state index is 8.95. The first-order valence-electron chi connectivity index (χ1n) is 8.56. The Labute approximate surface area is 148 Å². The third kappa shape index (κ3) is 4.64. The van der Waals surface area contributed by atoms with Crippen molar-refractivity contribution in [3.63, 3.8) is 0 Å². The van der Waals surface area contributed by atoms with Gasteiger partial charge in [-0.15, -0.1) is 11.3 Å². The molecule has 2 aromatic rings. The summed E-state index contributed by atoms with van der Waals surface area (Å²) in [5, 5.41) is 8.95. The van der Waals surface area contributed by atoms with Gasteiger partial charge in [0.2, 0.25) is 0 Å². The van der Waals surface area contributed by atoms with Crippen molar-refractivity contribution in [1.82, 2.24) is 14.8 Å². The number of hydrogen-bond acceptors (Lipinski definition) is 5. The number of nitriles is 1. The predicted molar refractivity (Wildman–Crippen MR) is 97.7 cm³/mol. The lowest BCUT2D eigenvalue weighted by Crippen LogP contribution is -2.32. The van der Waals surface area contributed by atoms with Gasteiger partial charge in [0.25, 0.3) is 0 Å². The number of thiophene rings is 1. The minimum Gasteiger partial charge on any atom is -0.298 e. The van der Waals surface area contributed by atoms with E-state index in [1.54, 1.807) is 11.3 Å². The van der Waals surface area contributed by atoms with E-state index in [0.29, 0.717) is 6.04 Å². The fourth-order valence-corrected chi connectivity index (χ4v) is 4.20. The van der Waals surface area contributed by atoms with Crippen LogP contribution in [0.5, 0.6) is 0 Å². The first-order chi connectivity index (χ1) is 11.7. The Balaban J connectivity index is 1.52. The van der Waals surface area contributed by atoms with Crippen molar-refractivity contribution in [1.29, 1.82) is 5.26 Å². The van der Waals surface area contributed by atoms with Gasteiger partial charge in [-0.2, -0.15) is 5.26 Å². The highest BCUT2D eigenvalue weighted by Gasteiger charge is 2.21. The zero-order chi connectivity index (χ0) is 16.8. The third-order valence-electron chi connectivity index (χ3n) is 4.70. The van der Waals surface area contributed by atoms with Crippen LogP contribution in [0, 0.1) is 11.3 Å². The van der Waals surface area contributed by atoms with Crippen LogP contribution in [0.4, 0.5) is 0 Å². The highest BCUT2D eigenvalue weighted by molar-refractivity contribution is 7.12. The number of rotatable bonds is 5. The van der Waals surface area contributed by atoms with E-state index in [0.717, 1.165) is 36.8 Å². The molecule has 1 aliphatic rings. The molecule has 1 aliphatic heterocycles. The van der Waals surface area contributed by atoms with E-state index in [2.05, 4.69) is 46.1 Å². The number of aromatic nitrogens is 1. The second kappa shape index (κ2) is 8.39. The first kappa shape index (κ1) is 17.1. The predicted octanol–water partition coefficient (Wildman–Crippen LogP) is 3.50. The van der Waals surface area contributed by atoms with Gasteiger partial charge in [0.15, 0.2) is 0 Å². The maximum atomic E-state index is 8.95. The van der Waals surface area contributed by atoms with Crippen LogP contribution in [0.25, 0.3) is 0 Å². The average molecular weight is 340 g/mol. The Hall–Kier alpha value is -1.74. The van der Waals surface area contributed by atoms with Gasteiger partial charge < -0.3 is 0 Å². The van der Waals surface area contributed by atoms with Crippen molar-refractivity contribution in [2.24, 2.45) is 0 Å². The van der Waals surface area contributed by atoms with E-state index in [4.69, 9.17) is 5.26 Å². The maximum Gasteiger partial charge on any atom is 0.110 e. The van der Waals surface area contributed by atoms with E-state index >= 15 is 0 Å². The molecule has 3 heterocycles. The number of hydrogen-bond donors (Lipinski definition) is 0. The number of nitrogens with zero attached hydrogens (tertiary/aromatic N) is 4. The van der Waals surface area contributed by atoms with Crippen LogP contribution in [0.3, 0.4) is 0 Å². The van der Waals surface area contributed by atoms with Gasteiger partial charge >= 0.3 is 0 Å². The molecule has 5 heteroatoms. The molecule has 0 spiro atoms. The molecule has 2 aromatic heterocycles. The van der Waals surface area contributed by atoms with Crippen LogP contribution in [0.2, 0.25) is 0 Å². The molecule has 24 heavy (non-hydrogen) atoms. The summed E-state index contributed by atoms with van der Waals surface area (Å²) in [6.45, 7) is 4.16. The lowest BCUT2D eigenvalue weighted by Gasteiger charge is -2.27. The monoisotopic (exact) mass is 340 g/mol. The van der Waals surface area contributed by atoms with Gasteiger partial charge in [-0.05, 0) is 57.1 Å². The largest absolute Gasteiger partial charge is 0.298 e. The summed E-state index contributed by atoms with van der Waals surface area (Å²) in [4.78, 5) is 11.5. The Morgan fingerprint density at radius 3 is 2.96 bits per heavy atom. The molecular weight excluding hydrogens is 316 g/mol. The summed E-state index contributed by atoms with van der Waals surface area (Å²) in [5.74, 6) is 0. The third-order valence-corrected chi connectivity index (χ3v) is 5.68. The smallest absolute Gasteiger partial charge is 0.110 e. The summed E-state index contributed by atoms with van der Waals surface area (Å²) >= 11 is 1.62. The van der Waals surface area contributed by atoms with E-state index in [1.807, 2.05) is 18.3 Å². The van der Waals surface area contributed by atoms with Crippen molar-refractivity contribution in [3.05, 3.63) is 52.0 Å². The first-order valence-corrected chi connectivity index (χ1v) is 9.37. The zero-order valence-corrected chi connectivity index (χ0v) is 15.0. The van der Waals surface area contributed by atoms with Gasteiger partial charge in [-0.1, -0.05) is 6.07 Å². The molecule has 0 amide bonds. The lowest BCUT2D eigenvalue weighted by molar-refractivity contribution is 0.205. The van der Waals surface area contributed by atoms with Gasteiger partial charge in [0.05, 0.1) is 5.69 Å². The van der Waals surface area contributed by atoms with E-state index in [1.165, 1.54) is 24.1 Å². The van der Waals surface area contributed by atoms with Crippen LogP contribution in [0.15, 0.2) is 36.5 Å². The Bertz CT molecular complexity index is 676. The lowest BCUT2D eigenvalue weighted by atomic mass is 10.1. The van der Waals surface area contributed by atoms with Crippen molar-refractivity contribution < 1.29 is 0 Å². The van der Waals surface area contributed by atoms with E-state index in [-0.39, 0.29) is 0 Å². The molecule has 1 fully saturated rings. The van der Waals surface area contributed by atoms with Gasteiger partial charge in [-0.3, -0.25) is 14.8 Å². The SMILES string of the molecule is CN(Cc1ccccn1)[C@H]1CCCN(Cc2ccc(C#N)s2)CC1. The second-order valence-corrected chi connectivity index (χ2v) is 7.64. The molecule has 0 bridgehead atoms. The van der Waals surface area contributed by atoms with Gasteiger partial charge in [-0.25, -0.2) is 0 Å². The van der Waals surface area contributed by atoms with E-state index < -0.39 is 0 Å². The molecule has 0 saturated carbocycles. The molecule has 0 N–H and O–H groups in total. The van der Waals surface area contributed by atoms with E-state index in [9.17, 15) is 0 Å². The topological polar surface area (TPSA) is 43.2 Å². The molecule has 0 radical (unpaired) electrons. The van der Waals surface area contributed by atoms with Gasteiger partial charge in [0.1, 0.15) is 10.9 Å². The van der Waals surface area contributed by atoms with Crippen molar-refractivity contribution in [3.8, 4) is 6.07 Å². The van der Waals surface area contributed by atoms with Crippen molar-refractivity contribution >= 4 is 11.3 Å². The minimum absolute atomic E-state index is 0.620. The second-order valence-electron chi connectivity index (χ2n) is 6.47. The summed E-state index contributed by atoms with van der Waals surface area (Å²) < 4.78 is 0. The molecule has 0 aliphatic carbocycles. The molecule has 0 unspecified atom stereocenters. The van der Waals surface area contributed by atoms with Crippen LogP contribution in [-0.2, 0) is 13.1 Å². The quantitative estimate of drug-likeness (QED) is 0.835. The Morgan fingerprint density at radius 2 is 2.21 bits per heavy atom. The zero-order valence-electron chi connectivity index (χ0n) is 14.2. The molecule has 0 aromatic carbocycles. The van der Waals surface area contributed by atoms with Crippen LogP contribution < -0.4 is 0 Å². The Kier molecular flexibility index (Phi) is 5.97. The number of likely N-dealkylation sites (tertiary alicyclic amines) is 1. The fourth-order valence-electron chi connectivity index (χ4n) is 3.36. The highest BCUT2D eigenvalue weighted by atomic mass is 32.1. The molecule has 1 saturated heterocycles. The molecule has 3 rings (SSSR count). The number of pyridine rings is 1. The molecule has 126 valence electrons. The van der Waals surface area contributed by atoms with Gasteiger partial charge in [0, 0.05) is 36.8 Å². The van der Waals surface area contributed by atoms with Crippen molar-refractivity contribution in [2.75, 3.05) is 20.1 Å². The summed E-state index contributed by atoms with van der Waals surface area (Å²) in [6.07, 6.45) is 5.54. The highest BCUT2D eigenvalue weighted by Crippen LogP contribution is 2.22. The normalized spacial score (nSPS) is 19.1. The molecular formula is C19H24N4S.